The number of carbonyl (C=O) groups excluding carboxylic acids is 1. The molecule has 1 heterocycles. The molecule has 3 nitrogen and oxygen atoms in total. The van der Waals surface area contributed by atoms with Crippen LogP contribution in [-0.4, -0.2) is 18.4 Å². The maximum atomic E-state index is 10.8. The Kier molecular flexibility index (Phi) is 3.24. The number of hydrogen-bond acceptors (Lipinski definition) is 4. The lowest BCUT2D eigenvalue weighted by Crippen LogP contribution is -1.83. The van der Waals surface area contributed by atoms with Gasteiger partial charge in [-0.05, 0) is 35.9 Å². The van der Waals surface area contributed by atoms with Gasteiger partial charge in [-0.2, -0.15) is 0 Å². The van der Waals surface area contributed by atoms with Crippen LogP contribution >= 0.6 is 11.3 Å². The zero-order valence-corrected chi connectivity index (χ0v) is 12.0. The van der Waals surface area contributed by atoms with Crippen molar-refractivity contribution >= 4 is 28.4 Å². The fourth-order valence-corrected chi connectivity index (χ4v) is 2.95. The molecular weight excluding hydrogens is 270 g/mol. The Hall–Kier alpha value is -2.20. The van der Waals surface area contributed by atoms with Crippen LogP contribution in [0.5, 0.6) is 5.75 Å². The van der Waals surface area contributed by atoms with Crippen molar-refractivity contribution < 1.29 is 9.53 Å². The maximum absolute atomic E-state index is 10.8. The first kappa shape index (κ1) is 12.8. The molecule has 3 rings (SSSR count). The molecule has 1 radical (unpaired) electrons. The highest BCUT2D eigenvalue weighted by Crippen LogP contribution is 2.30. The van der Waals surface area contributed by atoms with Gasteiger partial charge < -0.3 is 4.74 Å². The van der Waals surface area contributed by atoms with E-state index in [1.807, 2.05) is 43.5 Å². The lowest BCUT2D eigenvalue weighted by Gasteiger charge is -2.04. The summed E-state index contributed by atoms with van der Waals surface area (Å²) in [6.45, 7) is 1.83. The summed E-state index contributed by atoms with van der Waals surface area (Å²) in [7, 11) is 1.66. The first-order chi connectivity index (χ1) is 9.71. The molecule has 3 aromatic rings. The zero-order valence-electron chi connectivity index (χ0n) is 11.1. The van der Waals surface area contributed by atoms with Crippen molar-refractivity contribution in [2.45, 2.75) is 6.92 Å². The van der Waals surface area contributed by atoms with Crippen molar-refractivity contribution in [2.24, 2.45) is 0 Å². The average molecular weight is 282 g/mol. The number of fused-ring (bicyclic) bond motifs is 1. The lowest BCUT2D eigenvalue weighted by molar-refractivity contribution is 0.415. The maximum Gasteiger partial charge on any atom is 0.246 e. The van der Waals surface area contributed by atoms with Crippen LogP contribution in [0.15, 0.2) is 36.4 Å². The summed E-state index contributed by atoms with van der Waals surface area (Å²) in [6.07, 6.45) is 1.93. The van der Waals surface area contributed by atoms with Crippen LogP contribution in [-0.2, 0) is 4.79 Å². The summed E-state index contributed by atoms with van der Waals surface area (Å²) in [4.78, 5) is 15.8. The third kappa shape index (κ3) is 2.18. The van der Waals surface area contributed by atoms with E-state index in [0.29, 0.717) is 4.88 Å². The van der Waals surface area contributed by atoms with Crippen LogP contribution in [0.3, 0.4) is 0 Å². The molecule has 0 spiro atoms. The van der Waals surface area contributed by atoms with Gasteiger partial charge in [0, 0.05) is 5.56 Å². The van der Waals surface area contributed by atoms with E-state index in [1.165, 1.54) is 11.3 Å². The van der Waals surface area contributed by atoms with Gasteiger partial charge in [-0.15, -0.1) is 11.3 Å². The van der Waals surface area contributed by atoms with Gasteiger partial charge in [0.2, 0.25) is 6.29 Å². The predicted octanol–water partition coefficient (Wildman–Crippen LogP) is 3.74. The minimum atomic E-state index is 0.565. The van der Waals surface area contributed by atoms with Crippen molar-refractivity contribution in [2.75, 3.05) is 7.11 Å². The Balaban J connectivity index is 2.10. The van der Waals surface area contributed by atoms with Gasteiger partial charge in [-0.1, -0.05) is 18.2 Å². The Morgan fingerprint density at radius 2 is 1.90 bits per heavy atom. The van der Waals surface area contributed by atoms with Gasteiger partial charge in [-0.3, -0.25) is 4.79 Å². The Morgan fingerprint density at radius 3 is 2.60 bits per heavy atom. The van der Waals surface area contributed by atoms with E-state index in [2.05, 4.69) is 11.1 Å². The molecule has 0 N–H and O–H groups in total. The van der Waals surface area contributed by atoms with E-state index in [0.717, 1.165) is 32.8 Å². The van der Waals surface area contributed by atoms with Crippen LogP contribution in [0, 0.1) is 6.92 Å². The van der Waals surface area contributed by atoms with Crippen LogP contribution in [0.1, 0.15) is 10.6 Å². The van der Waals surface area contributed by atoms with Crippen molar-refractivity contribution in [1.82, 2.24) is 4.98 Å². The van der Waals surface area contributed by atoms with E-state index >= 15 is 0 Å². The molecular formula is C16H12NO2S. The third-order valence-corrected chi connectivity index (χ3v) is 4.29. The second kappa shape index (κ2) is 5.06. The Labute approximate surface area is 120 Å². The highest BCUT2D eigenvalue weighted by molar-refractivity contribution is 7.16. The number of aromatic nitrogens is 1. The molecule has 0 amide bonds. The molecule has 0 aliphatic heterocycles. The standard InChI is InChI=1S/C16H12NO2S/c1-10-15(9-18)20-16(17-10)13-4-3-12-8-14(19-2)6-5-11(12)7-13/h3-8H,1-2H3. The molecule has 4 heteroatoms. The van der Waals surface area contributed by atoms with E-state index in [1.54, 1.807) is 7.11 Å². The summed E-state index contributed by atoms with van der Waals surface area (Å²) in [5, 5.41) is 3.08. The third-order valence-electron chi connectivity index (χ3n) is 3.18. The Bertz CT molecular complexity index is 792. The normalized spacial score (nSPS) is 10.7. The van der Waals surface area contributed by atoms with Crippen LogP contribution in [0.25, 0.3) is 21.3 Å². The summed E-state index contributed by atoms with van der Waals surface area (Å²) in [5.41, 5.74) is 1.74. The van der Waals surface area contributed by atoms with E-state index in [9.17, 15) is 4.79 Å². The first-order valence-corrected chi connectivity index (χ1v) is 6.96. The Morgan fingerprint density at radius 1 is 1.15 bits per heavy atom. The van der Waals surface area contributed by atoms with Crippen LogP contribution in [0.2, 0.25) is 0 Å². The van der Waals surface area contributed by atoms with E-state index in [-0.39, 0.29) is 0 Å². The fraction of sp³-hybridized carbons (Fsp3) is 0.125. The number of rotatable bonds is 3. The van der Waals surface area contributed by atoms with Gasteiger partial charge in [0.25, 0.3) is 0 Å². The minimum absolute atomic E-state index is 0.565. The molecule has 0 fully saturated rings. The minimum Gasteiger partial charge on any atom is -0.497 e. The quantitative estimate of drug-likeness (QED) is 0.734. The molecule has 0 aliphatic carbocycles. The van der Waals surface area contributed by atoms with Crippen molar-refractivity contribution in [1.29, 1.82) is 0 Å². The summed E-state index contributed by atoms with van der Waals surface area (Å²) in [5.74, 6) is 0.841. The smallest absolute Gasteiger partial charge is 0.246 e. The van der Waals surface area contributed by atoms with E-state index in [4.69, 9.17) is 4.74 Å². The molecule has 1 aromatic heterocycles. The molecule has 0 saturated heterocycles. The molecule has 0 unspecified atom stereocenters. The number of hydrogen-bond donors (Lipinski definition) is 0. The van der Waals surface area contributed by atoms with Crippen molar-refractivity contribution in [3.05, 3.63) is 47.0 Å². The second-order valence-electron chi connectivity index (χ2n) is 4.46. The van der Waals surface area contributed by atoms with Crippen molar-refractivity contribution in [3.8, 4) is 16.3 Å². The van der Waals surface area contributed by atoms with Gasteiger partial charge >= 0.3 is 0 Å². The van der Waals surface area contributed by atoms with Gasteiger partial charge in [0.05, 0.1) is 12.8 Å². The van der Waals surface area contributed by atoms with Gasteiger partial charge in [0.1, 0.15) is 15.6 Å². The molecule has 0 bridgehead atoms. The molecule has 0 atom stereocenters. The molecule has 20 heavy (non-hydrogen) atoms. The predicted molar refractivity (Wildman–Crippen MR) is 81.1 cm³/mol. The number of nitrogens with zero attached hydrogens (tertiary/aromatic N) is 1. The first-order valence-electron chi connectivity index (χ1n) is 6.15. The molecule has 0 aliphatic rings. The largest absolute Gasteiger partial charge is 0.497 e. The summed E-state index contributed by atoms with van der Waals surface area (Å²) < 4.78 is 5.22. The number of thiazole rings is 1. The monoisotopic (exact) mass is 282 g/mol. The van der Waals surface area contributed by atoms with Gasteiger partial charge in [-0.25, -0.2) is 4.98 Å². The lowest BCUT2D eigenvalue weighted by atomic mass is 10.1. The average Bonchev–Trinajstić information content (AvgIpc) is 2.87. The highest BCUT2D eigenvalue weighted by Gasteiger charge is 2.10. The number of benzene rings is 2. The molecule has 2 aromatic carbocycles. The summed E-state index contributed by atoms with van der Waals surface area (Å²) >= 11 is 1.37. The number of ether oxygens (including phenoxy) is 1. The second-order valence-corrected chi connectivity index (χ2v) is 5.46. The SMILES string of the molecule is COc1ccc2cc(-c3nc(C)c([C]=O)s3)ccc2c1. The van der Waals surface area contributed by atoms with Crippen LogP contribution < -0.4 is 4.74 Å². The molecule has 0 saturated carbocycles. The van der Waals surface area contributed by atoms with E-state index < -0.39 is 0 Å². The number of aryl methyl sites for hydroxylation is 1. The van der Waals surface area contributed by atoms with Gasteiger partial charge in [0.15, 0.2) is 0 Å². The number of methoxy groups -OCH3 is 1. The summed E-state index contributed by atoms with van der Waals surface area (Å²) in [6, 6.07) is 12.1. The molecule has 99 valence electrons. The zero-order chi connectivity index (χ0) is 14.1. The van der Waals surface area contributed by atoms with Crippen LogP contribution in [0.4, 0.5) is 0 Å². The fourth-order valence-electron chi connectivity index (χ4n) is 2.10. The highest BCUT2D eigenvalue weighted by atomic mass is 32.1. The topological polar surface area (TPSA) is 39.2 Å². The van der Waals surface area contributed by atoms with Crippen molar-refractivity contribution in [3.63, 3.8) is 0 Å².